The summed E-state index contributed by atoms with van der Waals surface area (Å²) in [5.74, 6) is -0.144. The third-order valence-electron chi connectivity index (χ3n) is 5.41. The van der Waals surface area contributed by atoms with Crippen molar-refractivity contribution in [2.75, 3.05) is 7.11 Å². The van der Waals surface area contributed by atoms with Crippen molar-refractivity contribution < 1.29 is 34.5 Å². The summed E-state index contributed by atoms with van der Waals surface area (Å²) in [6.45, 7) is 10.9. The van der Waals surface area contributed by atoms with Gasteiger partial charge in [-0.2, -0.15) is 5.48 Å². The number of carboxylic acids is 1. The Balaban J connectivity index is 3.18. The van der Waals surface area contributed by atoms with Crippen molar-refractivity contribution in [3.63, 3.8) is 0 Å². The number of rotatable bonds is 12. The molecule has 0 aliphatic heterocycles. The van der Waals surface area contributed by atoms with Crippen LogP contribution in [0.3, 0.4) is 0 Å². The molecule has 0 spiro atoms. The Morgan fingerprint density at radius 2 is 1.84 bits per heavy atom. The zero-order valence-electron chi connectivity index (χ0n) is 20.0. The van der Waals surface area contributed by atoms with Gasteiger partial charge in [-0.25, -0.2) is 4.79 Å². The number of ether oxygens (including phenoxy) is 1. The van der Waals surface area contributed by atoms with E-state index in [9.17, 15) is 24.9 Å². The van der Waals surface area contributed by atoms with Crippen LogP contribution in [0.15, 0.2) is 23.8 Å². The fourth-order valence-corrected chi connectivity index (χ4v) is 3.33. The van der Waals surface area contributed by atoms with E-state index in [2.05, 4.69) is 5.48 Å². The molecule has 0 fully saturated rings. The number of carboxylic acid groups (broad SMARTS) is 1. The van der Waals surface area contributed by atoms with Crippen LogP contribution in [-0.2, 0) is 20.8 Å². The van der Waals surface area contributed by atoms with Crippen LogP contribution in [0.4, 0.5) is 0 Å². The SMILES string of the molecule is COc1ccc(C[C@@H](C[C@H](NOC(C)(C)C)[C@@H](O)C(=C=O)[C@@H](C)C(=O)O)C(C)C)cc1O. The number of aliphatic hydroxyl groups excluding tert-OH is 1. The molecule has 0 bridgehead atoms. The molecule has 0 aromatic heterocycles. The second kappa shape index (κ2) is 12.0. The predicted molar refractivity (Wildman–Crippen MR) is 121 cm³/mol. The van der Waals surface area contributed by atoms with Crippen LogP contribution < -0.4 is 10.2 Å². The summed E-state index contributed by atoms with van der Waals surface area (Å²) in [5, 5.41) is 30.3. The zero-order chi connectivity index (χ0) is 24.6. The normalized spacial score (nSPS) is 15.5. The summed E-state index contributed by atoms with van der Waals surface area (Å²) >= 11 is 0. The highest BCUT2D eigenvalue weighted by Gasteiger charge is 2.34. The van der Waals surface area contributed by atoms with Gasteiger partial charge in [0.2, 0.25) is 0 Å². The summed E-state index contributed by atoms with van der Waals surface area (Å²) < 4.78 is 5.10. The number of hydroxylamine groups is 1. The predicted octanol–water partition coefficient (Wildman–Crippen LogP) is 3.13. The van der Waals surface area contributed by atoms with E-state index >= 15 is 0 Å². The first kappa shape index (κ1) is 27.7. The first-order valence-corrected chi connectivity index (χ1v) is 10.8. The molecule has 1 aromatic carbocycles. The Labute approximate surface area is 190 Å². The molecule has 0 saturated carbocycles. The van der Waals surface area contributed by atoms with Gasteiger partial charge in [0.1, 0.15) is 12.0 Å². The number of carbonyl (C=O) groups excluding carboxylic acids is 1. The number of benzene rings is 1. The maximum absolute atomic E-state index is 11.5. The van der Waals surface area contributed by atoms with Crippen molar-refractivity contribution in [1.29, 1.82) is 0 Å². The van der Waals surface area contributed by atoms with Crippen molar-refractivity contribution in [2.45, 2.75) is 72.1 Å². The highest BCUT2D eigenvalue weighted by atomic mass is 16.7. The van der Waals surface area contributed by atoms with Gasteiger partial charge in [0.05, 0.1) is 30.2 Å². The Kier molecular flexibility index (Phi) is 10.4. The average Bonchev–Trinajstić information content (AvgIpc) is 2.69. The van der Waals surface area contributed by atoms with Crippen LogP contribution in [0.1, 0.15) is 53.5 Å². The number of phenols is 1. The molecule has 0 aliphatic rings. The van der Waals surface area contributed by atoms with Gasteiger partial charge in [-0.15, -0.1) is 0 Å². The summed E-state index contributed by atoms with van der Waals surface area (Å²) in [5.41, 5.74) is 2.93. The van der Waals surface area contributed by atoms with E-state index in [0.717, 1.165) is 5.56 Å². The van der Waals surface area contributed by atoms with Gasteiger partial charge in [0.25, 0.3) is 0 Å². The minimum Gasteiger partial charge on any atom is -0.504 e. The molecule has 4 N–H and O–H groups in total. The Bertz CT molecular complexity index is 809. The number of aromatic hydroxyl groups is 1. The monoisotopic (exact) mass is 451 g/mol. The van der Waals surface area contributed by atoms with E-state index in [4.69, 9.17) is 9.57 Å². The maximum Gasteiger partial charge on any atom is 0.311 e. The third kappa shape index (κ3) is 8.28. The number of phenolic OH excluding ortho intramolecular Hbond substituents is 1. The molecule has 0 unspecified atom stereocenters. The van der Waals surface area contributed by atoms with E-state index in [1.165, 1.54) is 14.0 Å². The molecule has 1 rings (SSSR count). The average molecular weight is 452 g/mol. The minimum atomic E-state index is -1.40. The highest BCUT2D eigenvalue weighted by Crippen LogP contribution is 2.31. The van der Waals surface area contributed by atoms with Crippen molar-refractivity contribution in [3.8, 4) is 11.5 Å². The lowest BCUT2D eigenvalue weighted by atomic mass is 9.81. The second-order valence-corrected chi connectivity index (χ2v) is 9.45. The van der Waals surface area contributed by atoms with Crippen LogP contribution in [0, 0.1) is 17.8 Å². The van der Waals surface area contributed by atoms with E-state index < -0.39 is 29.6 Å². The van der Waals surface area contributed by atoms with Gasteiger partial charge < -0.3 is 20.1 Å². The van der Waals surface area contributed by atoms with Crippen LogP contribution >= 0.6 is 0 Å². The number of aliphatic hydroxyl groups is 1. The van der Waals surface area contributed by atoms with Crippen LogP contribution in [-0.4, -0.2) is 52.1 Å². The molecule has 32 heavy (non-hydrogen) atoms. The lowest BCUT2D eigenvalue weighted by molar-refractivity contribution is -0.140. The van der Waals surface area contributed by atoms with Crippen LogP contribution in [0.5, 0.6) is 11.5 Å². The fourth-order valence-electron chi connectivity index (χ4n) is 3.33. The number of methoxy groups -OCH3 is 1. The first-order chi connectivity index (χ1) is 14.8. The number of aliphatic carboxylic acids is 1. The molecular formula is C24H37NO7. The number of hydrogen-bond acceptors (Lipinski definition) is 7. The number of carbonyl (C=O) groups is 1. The highest BCUT2D eigenvalue weighted by molar-refractivity contribution is 5.77. The van der Waals surface area contributed by atoms with Gasteiger partial charge in [-0.1, -0.05) is 19.9 Å². The summed E-state index contributed by atoms with van der Waals surface area (Å²) in [6.07, 6.45) is -0.421. The molecule has 0 radical (unpaired) electrons. The van der Waals surface area contributed by atoms with Crippen molar-refractivity contribution >= 4 is 11.9 Å². The van der Waals surface area contributed by atoms with Crippen molar-refractivity contribution in [2.24, 2.45) is 17.8 Å². The van der Waals surface area contributed by atoms with Gasteiger partial charge in [-0.05, 0) is 70.1 Å². The van der Waals surface area contributed by atoms with Crippen LogP contribution in [0.2, 0.25) is 0 Å². The largest absolute Gasteiger partial charge is 0.504 e. The molecule has 4 atom stereocenters. The smallest absolute Gasteiger partial charge is 0.311 e. The van der Waals surface area contributed by atoms with E-state index in [-0.39, 0.29) is 23.2 Å². The number of nitrogens with one attached hydrogen (secondary N) is 1. The molecule has 1 aromatic rings. The standard InChI is InChI=1S/C24H37NO7/c1-14(2)17(10-16-8-9-21(31-7)20(27)11-16)12-19(25-32-24(4,5)6)22(28)18(13-26)15(3)23(29)30/h8-9,11,14-15,17,19,22,25,27-28H,10,12H2,1-7H3,(H,29,30)/t15-,17+,19+,22+/m1/s1. The minimum absolute atomic E-state index is 0.0200. The van der Waals surface area contributed by atoms with E-state index in [0.29, 0.717) is 18.6 Å². The quantitative estimate of drug-likeness (QED) is 0.282. The lowest BCUT2D eigenvalue weighted by Crippen LogP contribution is -2.47. The van der Waals surface area contributed by atoms with Crippen molar-refractivity contribution in [1.82, 2.24) is 5.48 Å². The molecule has 0 amide bonds. The van der Waals surface area contributed by atoms with Gasteiger partial charge in [-0.3, -0.25) is 9.63 Å². The summed E-state index contributed by atoms with van der Waals surface area (Å²) in [7, 11) is 1.48. The van der Waals surface area contributed by atoms with E-state index in [1.807, 2.05) is 40.7 Å². The summed E-state index contributed by atoms with van der Waals surface area (Å²) in [6, 6.07) is 4.45. The Morgan fingerprint density at radius 3 is 2.28 bits per heavy atom. The van der Waals surface area contributed by atoms with Gasteiger partial charge in [0.15, 0.2) is 11.5 Å². The molecule has 8 heteroatoms. The second-order valence-electron chi connectivity index (χ2n) is 9.45. The lowest BCUT2D eigenvalue weighted by Gasteiger charge is -2.33. The molecule has 0 saturated heterocycles. The maximum atomic E-state index is 11.5. The molecular weight excluding hydrogens is 414 g/mol. The van der Waals surface area contributed by atoms with Crippen molar-refractivity contribution in [3.05, 3.63) is 29.3 Å². The molecule has 0 heterocycles. The first-order valence-electron chi connectivity index (χ1n) is 10.8. The Hall–Kier alpha value is -2.38. The zero-order valence-corrected chi connectivity index (χ0v) is 20.0. The molecule has 8 nitrogen and oxygen atoms in total. The van der Waals surface area contributed by atoms with Gasteiger partial charge in [0, 0.05) is 0 Å². The third-order valence-corrected chi connectivity index (χ3v) is 5.41. The van der Waals surface area contributed by atoms with Crippen LogP contribution in [0.25, 0.3) is 0 Å². The topological polar surface area (TPSA) is 125 Å². The Morgan fingerprint density at radius 1 is 1.22 bits per heavy atom. The summed E-state index contributed by atoms with van der Waals surface area (Å²) in [4.78, 5) is 28.6. The molecule has 0 aliphatic carbocycles. The molecule has 180 valence electrons. The van der Waals surface area contributed by atoms with E-state index in [1.54, 1.807) is 18.1 Å². The van der Waals surface area contributed by atoms with Gasteiger partial charge >= 0.3 is 5.97 Å². The fraction of sp³-hybridized carbons (Fsp3) is 0.625. The number of hydrogen-bond donors (Lipinski definition) is 4.